The van der Waals surface area contributed by atoms with Gasteiger partial charge in [0.25, 0.3) is 0 Å². The fraction of sp³-hybridized carbons (Fsp3) is 0.143. The standard InChI is InChI=1S/C14H12O4/c1-9(15)18-13-8-11(14(16)17-2)7-10-5-3-4-6-12(10)13/h3-8H,1-2H3. The number of methoxy groups -OCH3 is 1. The number of hydrogen-bond acceptors (Lipinski definition) is 4. The fourth-order valence-electron chi connectivity index (χ4n) is 1.75. The minimum Gasteiger partial charge on any atom is -0.465 e. The summed E-state index contributed by atoms with van der Waals surface area (Å²) in [6, 6.07) is 10.6. The van der Waals surface area contributed by atoms with Crippen molar-refractivity contribution in [3.8, 4) is 5.75 Å². The smallest absolute Gasteiger partial charge is 0.338 e. The van der Waals surface area contributed by atoms with Crippen LogP contribution >= 0.6 is 0 Å². The van der Waals surface area contributed by atoms with Crippen LogP contribution in [0.15, 0.2) is 36.4 Å². The van der Waals surface area contributed by atoms with Crippen LogP contribution in [0.3, 0.4) is 0 Å². The highest BCUT2D eigenvalue weighted by atomic mass is 16.5. The Labute approximate surface area is 104 Å². The summed E-state index contributed by atoms with van der Waals surface area (Å²) in [6.07, 6.45) is 0. The first-order chi connectivity index (χ1) is 8.61. The zero-order valence-electron chi connectivity index (χ0n) is 10.1. The Morgan fingerprint density at radius 2 is 1.83 bits per heavy atom. The zero-order chi connectivity index (χ0) is 13.1. The molecule has 0 bridgehead atoms. The van der Waals surface area contributed by atoms with Crippen LogP contribution in [0.25, 0.3) is 10.8 Å². The number of fused-ring (bicyclic) bond motifs is 1. The molecule has 0 atom stereocenters. The molecule has 0 aliphatic heterocycles. The number of rotatable bonds is 2. The van der Waals surface area contributed by atoms with Gasteiger partial charge >= 0.3 is 11.9 Å². The molecule has 0 unspecified atom stereocenters. The Morgan fingerprint density at radius 1 is 1.11 bits per heavy atom. The first-order valence-electron chi connectivity index (χ1n) is 5.41. The Kier molecular flexibility index (Phi) is 3.28. The Bertz CT molecular complexity index is 616. The Balaban J connectivity index is 2.64. The highest BCUT2D eigenvalue weighted by Gasteiger charge is 2.12. The van der Waals surface area contributed by atoms with Gasteiger partial charge < -0.3 is 9.47 Å². The van der Waals surface area contributed by atoms with Crippen molar-refractivity contribution >= 4 is 22.7 Å². The highest BCUT2D eigenvalue weighted by molar-refractivity contribution is 5.99. The molecule has 0 N–H and O–H groups in total. The second kappa shape index (κ2) is 4.87. The maximum atomic E-state index is 11.5. The van der Waals surface area contributed by atoms with Crippen LogP contribution in [0, 0.1) is 0 Å². The van der Waals surface area contributed by atoms with Gasteiger partial charge in [-0.3, -0.25) is 4.79 Å². The molecule has 92 valence electrons. The number of carbonyl (C=O) groups is 2. The van der Waals surface area contributed by atoms with Crippen molar-refractivity contribution in [2.75, 3.05) is 7.11 Å². The van der Waals surface area contributed by atoms with Gasteiger partial charge in [0, 0.05) is 12.3 Å². The van der Waals surface area contributed by atoms with E-state index in [9.17, 15) is 9.59 Å². The predicted molar refractivity (Wildman–Crippen MR) is 66.6 cm³/mol. The van der Waals surface area contributed by atoms with Crippen LogP contribution in [0.4, 0.5) is 0 Å². The number of benzene rings is 2. The van der Waals surface area contributed by atoms with E-state index in [0.717, 1.165) is 10.8 Å². The number of carbonyl (C=O) groups excluding carboxylic acids is 2. The summed E-state index contributed by atoms with van der Waals surface area (Å²) in [5.74, 6) is -0.530. The molecule has 0 amide bonds. The lowest BCUT2D eigenvalue weighted by Gasteiger charge is -2.08. The van der Waals surface area contributed by atoms with Gasteiger partial charge in [-0.2, -0.15) is 0 Å². The molecule has 4 nitrogen and oxygen atoms in total. The molecule has 0 spiro atoms. The van der Waals surface area contributed by atoms with E-state index >= 15 is 0 Å². The van der Waals surface area contributed by atoms with E-state index in [1.165, 1.54) is 20.1 Å². The van der Waals surface area contributed by atoms with Gasteiger partial charge in [0.15, 0.2) is 0 Å². The molecule has 0 radical (unpaired) electrons. The average Bonchev–Trinajstić information content (AvgIpc) is 2.37. The van der Waals surface area contributed by atoms with Gasteiger partial charge in [-0.25, -0.2) is 4.79 Å². The SMILES string of the molecule is COC(=O)c1cc(OC(C)=O)c2ccccc2c1. The molecular formula is C14H12O4. The van der Waals surface area contributed by atoms with Gasteiger partial charge in [0.05, 0.1) is 12.7 Å². The van der Waals surface area contributed by atoms with Crippen LogP contribution in [-0.2, 0) is 9.53 Å². The van der Waals surface area contributed by atoms with E-state index in [2.05, 4.69) is 4.74 Å². The third-order valence-electron chi connectivity index (χ3n) is 2.50. The monoisotopic (exact) mass is 244 g/mol. The maximum absolute atomic E-state index is 11.5. The molecule has 18 heavy (non-hydrogen) atoms. The molecule has 0 saturated carbocycles. The van der Waals surface area contributed by atoms with E-state index in [-0.39, 0.29) is 0 Å². The summed E-state index contributed by atoms with van der Waals surface area (Å²) >= 11 is 0. The third kappa shape index (κ3) is 2.32. The minimum atomic E-state index is -0.464. The normalized spacial score (nSPS) is 10.1. The summed E-state index contributed by atoms with van der Waals surface area (Å²) < 4.78 is 9.78. The topological polar surface area (TPSA) is 52.6 Å². The first-order valence-corrected chi connectivity index (χ1v) is 5.41. The van der Waals surface area contributed by atoms with E-state index in [1.54, 1.807) is 6.07 Å². The molecule has 0 saturated heterocycles. The lowest BCUT2D eigenvalue weighted by Crippen LogP contribution is -2.05. The number of hydrogen-bond donors (Lipinski definition) is 0. The van der Waals surface area contributed by atoms with Gasteiger partial charge in [-0.15, -0.1) is 0 Å². The van der Waals surface area contributed by atoms with E-state index in [1.807, 2.05) is 24.3 Å². The van der Waals surface area contributed by atoms with Crippen LogP contribution in [0.2, 0.25) is 0 Å². The average molecular weight is 244 g/mol. The third-order valence-corrected chi connectivity index (χ3v) is 2.50. The summed E-state index contributed by atoms with van der Waals surface area (Å²) in [5, 5.41) is 1.59. The van der Waals surface area contributed by atoms with Crippen LogP contribution in [-0.4, -0.2) is 19.0 Å². The molecule has 0 heterocycles. The molecule has 0 fully saturated rings. The second-order valence-electron chi connectivity index (χ2n) is 3.78. The molecule has 0 aliphatic carbocycles. The first kappa shape index (κ1) is 12.1. The van der Waals surface area contributed by atoms with Crippen molar-refractivity contribution in [3.63, 3.8) is 0 Å². The zero-order valence-corrected chi connectivity index (χ0v) is 10.1. The van der Waals surface area contributed by atoms with Gasteiger partial charge in [0.1, 0.15) is 5.75 Å². The van der Waals surface area contributed by atoms with Crippen molar-refractivity contribution in [1.29, 1.82) is 0 Å². The number of ether oxygens (including phenoxy) is 2. The molecule has 4 heteroatoms. The highest BCUT2D eigenvalue weighted by Crippen LogP contribution is 2.28. The molecule has 0 aromatic heterocycles. The predicted octanol–water partition coefficient (Wildman–Crippen LogP) is 2.55. The Morgan fingerprint density at radius 3 is 2.50 bits per heavy atom. The summed E-state index contributed by atoms with van der Waals surface area (Å²) in [5.41, 5.74) is 0.354. The largest absolute Gasteiger partial charge is 0.465 e. The minimum absolute atomic E-state index is 0.354. The Hall–Kier alpha value is -2.36. The summed E-state index contributed by atoms with van der Waals surface area (Å²) in [6.45, 7) is 1.32. The number of esters is 2. The molecular weight excluding hydrogens is 232 g/mol. The molecule has 2 rings (SSSR count). The van der Waals surface area contributed by atoms with Crippen molar-refractivity contribution in [2.24, 2.45) is 0 Å². The van der Waals surface area contributed by atoms with E-state index in [4.69, 9.17) is 4.74 Å². The van der Waals surface area contributed by atoms with E-state index < -0.39 is 11.9 Å². The van der Waals surface area contributed by atoms with Gasteiger partial charge in [-0.1, -0.05) is 24.3 Å². The second-order valence-corrected chi connectivity index (χ2v) is 3.78. The van der Waals surface area contributed by atoms with Crippen LogP contribution in [0.1, 0.15) is 17.3 Å². The fourth-order valence-corrected chi connectivity index (χ4v) is 1.75. The van der Waals surface area contributed by atoms with Crippen molar-refractivity contribution < 1.29 is 19.1 Å². The van der Waals surface area contributed by atoms with Crippen molar-refractivity contribution in [1.82, 2.24) is 0 Å². The lowest BCUT2D eigenvalue weighted by atomic mass is 10.1. The van der Waals surface area contributed by atoms with Crippen molar-refractivity contribution in [3.05, 3.63) is 42.0 Å². The van der Waals surface area contributed by atoms with Gasteiger partial charge in [0.2, 0.25) is 0 Å². The quantitative estimate of drug-likeness (QED) is 0.601. The lowest BCUT2D eigenvalue weighted by molar-refractivity contribution is -0.131. The molecule has 0 aliphatic rings. The van der Waals surface area contributed by atoms with Gasteiger partial charge in [-0.05, 0) is 17.5 Å². The molecule has 2 aromatic rings. The van der Waals surface area contributed by atoms with Crippen LogP contribution < -0.4 is 4.74 Å². The van der Waals surface area contributed by atoms with Crippen molar-refractivity contribution in [2.45, 2.75) is 6.92 Å². The molecule has 2 aromatic carbocycles. The summed E-state index contributed by atoms with van der Waals surface area (Å²) in [7, 11) is 1.31. The van der Waals surface area contributed by atoms with Crippen LogP contribution in [0.5, 0.6) is 5.75 Å². The maximum Gasteiger partial charge on any atom is 0.338 e. The van der Waals surface area contributed by atoms with E-state index in [0.29, 0.717) is 11.3 Å². The summed E-state index contributed by atoms with van der Waals surface area (Å²) in [4.78, 5) is 22.6.